The molecule has 5 nitrogen and oxygen atoms in total. The monoisotopic (exact) mass is 319 g/mol. The number of anilines is 1. The van der Waals surface area contributed by atoms with E-state index in [-0.39, 0.29) is 5.91 Å². The fourth-order valence-electron chi connectivity index (χ4n) is 2.20. The van der Waals surface area contributed by atoms with Crippen LogP contribution in [0.15, 0.2) is 60.9 Å². The van der Waals surface area contributed by atoms with Gasteiger partial charge in [-0.3, -0.25) is 9.78 Å². The van der Waals surface area contributed by atoms with Crippen molar-refractivity contribution < 1.29 is 9.53 Å². The van der Waals surface area contributed by atoms with E-state index in [4.69, 9.17) is 4.74 Å². The molecule has 1 aromatic carbocycles. The van der Waals surface area contributed by atoms with E-state index in [0.29, 0.717) is 17.1 Å². The Morgan fingerprint density at radius 2 is 1.75 bits per heavy atom. The van der Waals surface area contributed by atoms with E-state index in [2.05, 4.69) is 15.3 Å². The number of aromatic nitrogens is 2. The summed E-state index contributed by atoms with van der Waals surface area (Å²) in [6.45, 7) is 2.04. The summed E-state index contributed by atoms with van der Waals surface area (Å²) in [7, 11) is 1.54. The predicted molar refractivity (Wildman–Crippen MR) is 93.2 cm³/mol. The number of amides is 1. The van der Waals surface area contributed by atoms with Crippen LogP contribution in [0.4, 0.5) is 5.69 Å². The maximum atomic E-state index is 12.3. The van der Waals surface area contributed by atoms with Gasteiger partial charge >= 0.3 is 0 Å². The predicted octanol–water partition coefficient (Wildman–Crippen LogP) is 3.71. The molecule has 3 aromatic rings. The highest BCUT2D eigenvalue weighted by Crippen LogP contribution is 2.18. The average Bonchev–Trinajstić information content (AvgIpc) is 2.63. The van der Waals surface area contributed by atoms with Crippen LogP contribution in [0.25, 0.3) is 11.3 Å². The number of nitrogens with one attached hydrogen (secondary N) is 1. The number of hydrogen-bond donors (Lipinski definition) is 1. The zero-order valence-electron chi connectivity index (χ0n) is 13.5. The van der Waals surface area contributed by atoms with Crippen molar-refractivity contribution in [1.82, 2.24) is 9.97 Å². The van der Waals surface area contributed by atoms with Gasteiger partial charge in [0.25, 0.3) is 5.91 Å². The molecule has 0 bridgehead atoms. The first-order valence-electron chi connectivity index (χ1n) is 7.50. The number of pyridine rings is 2. The van der Waals surface area contributed by atoms with Crippen molar-refractivity contribution >= 4 is 11.6 Å². The Bertz CT molecular complexity index is 826. The van der Waals surface area contributed by atoms with Crippen molar-refractivity contribution in [2.75, 3.05) is 12.4 Å². The molecule has 2 heterocycles. The molecule has 1 amide bonds. The van der Waals surface area contributed by atoms with Gasteiger partial charge in [0.2, 0.25) is 5.88 Å². The topological polar surface area (TPSA) is 64.1 Å². The zero-order chi connectivity index (χ0) is 16.9. The molecule has 0 aliphatic heterocycles. The molecular weight excluding hydrogens is 302 g/mol. The quantitative estimate of drug-likeness (QED) is 0.796. The van der Waals surface area contributed by atoms with E-state index >= 15 is 0 Å². The SMILES string of the molecule is COc1ccc(NC(=O)c2ccc(-c3ccc(C)cc3)nc2)cn1. The summed E-state index contributed by atoms with van der Waals surface area (Å²) >= 11 is 0. The number of rotatable bonds is 4. The van der Waals surface area contributed by atoms with Gasteiger partial charge in [-0.25, -0.2) is 4.98 Å². The van der Waals surface area contributed by atoms with Crippen LogP contribution in [-0.2, 0) is 0 Å². The van der Waals surface area contributed by atoms with Crippen molar-refractivity contribution in [1.29, 1.82) is 0 Å². The molecule has 3 rings (SSSR count). The Hall–Kier alpha value is -3.21. The summed E-state index contributed by atoms with van der Waals surface area (Å²) in [4.78, 5) is 20.7. The molecule has 0 saturated heterocycles. The second kappa shape index (κ2) is 6.91. The molecule has 5 heteroatoms. The fourth-order valence-corrected chi connectivity index (χ4v) is 2.20. The van der Waals surface area contributed by atoms with E-state index in [0.717, 1.165) is 11.3 Å². The number of nitrogens with zero attached hydrogens (tertiary/aromatic N) is 2. The molecule has 0 unspecified atom stereocenters. The van der Waals surface area contributed by atoms with Gasteiger partial charge in [-0.2, -0.15) is 0 Å². The molecule has 0 aliphatic carbocycles. The Kier molecular flexibility index (Phi) is 4.52. The fraction of sp³-hybridized carbons (Fsp3) is 0.105. The first-order valence-corrected chi connectivity index (χ1v) is 7.50. The number of hydrogen-bond acceptors (Lipinski definition) is 4. The average molecular weight is 319 g/mol. The lowest BCUT2D eigenvalue weighted by atomic mass is 10.1. The first kappa shape index (κ1) is 15.7. The maximum Gasteiger partial charge on any atom is 0.257 e. The van der Waals surface area contributed by atoms with Crippen LogP contribution in [0.3, 0.4) is 0 Å². The molecule has 1 N–H and O–H groups in total. The minimum atomic E-state index is -0.232. The van der Waals surface area contributed by atoms with Crippen LogP contribution in [0.2, 0.25) is 0 Å². The summed E-state index contributed by atoms with van der Waals surface area (Å²) in [6.07, 6.45) is 3.12. The molecular formula is C19H17N3O2. The summed E-state index contributed by atoms with van der Waals surface area (Å²) in [6, 6.07) is 15.1. The van der Waals surface area contributed by atoms with Crippen molar-refractivity contribution in [3.05, 3.63) is 72.1 Å². The van der Waals surface area contributed by atoms with Crippen LogP contribution in [0, 0.1) is 6.92 Å². The summed E-state index contributed by atoms with van der Waals surface area (Å²) in [5.74, 6) is 0.266. The number of benzene rings is 1. The first-order chi connectivity index (χ1) is 11.7. The highest BCUT2D eigenvalue weighted by molar-refractivity contribution is 6.04. The third-order valence-corrected chi connectivity index (χ3v) is 3.58. The van der Waals surface area contributed by atoms with E-state index in [1.807, 2.05) is 37.3 Å². The standard InChI is InChI=1S/C19H17N3O2/c1-13-3-5-14(6-4-13)17-9-7-15(11-20-17)19(23)22-16-8-10-18(24-2)21-12-16/h3-12H,1-2H3,(H,22,23). The van der Waals surface area contributed by atoms with E-state index in [1.165, 1.54) is 5.56 Å². The Morgan fingerprint density at radius 3 is 2.33 bits per heavy atom. The molecule has 0 spiro atoms. The lowest BCUT2D eigenvalue weighted by Gasteiger charge is -2.06. The number of carbonyl (C=O) groups excluding carboxylic acids is 1. The van der Waals surface area contributed by atoms with Crippen LogP contribution in [-0.4, -0.2) is 23.0 Å². The minimum Gasteiger partial charge on any atom is -0.481 e. The molecule has 0 fully saturated rings. The largest absolute Gasteiger partial charge is 0.481 e. The molecule has 0 radical (unpaired) electrons. The highest BCUT2D eigenvalue weighted by Gasteiger charge is 2.08. The second-order valence-electron chi connectivity index (χ2n) is 5.34. The second-order valence-corrected chi connectivity index (χ2v) is 5.34. The van der Waals surface area contributed by atoms with Crippen LogP contribution in [0.5, 0.6) is 5.88 Å². The van der Waals surface area contributed by atoms with Gasteiger partial charge in [0, 0.05) is 17.8 Å². The number of aryl methyl sites for hydroxylation is 1. The molecule has 0 saturated carbocycles. The molecule has 0 atom stereocenters. The lowest BCUT2D eigenvalue weighted by Crippen LogP contribution is -2.12. The van der Waals surface area contributed by atoms with Gasteiger partial charge in [0.05, 0.1) is 30.3 Å². The van der Waals surface area contributed by atoms with Crippen molar-refractivity contribution in [2.24, 2.45) is 0 Å². The smallest absolute Gasteiger partial charge is 0.257 e. The number of ether oxygens (including phenoxy) is 1. The number of methoxy groups -OCH3 is 1. The van der Waals surface area contributed by atoms with Gasteiger partial charge in [-0.05, 0) is 25.1 Å². The Balaban J connectivity index is 1.72. The van der Waals surface area contributed by atoms with Gasteiger partial charge in [-0.15, -0.1) is 0 Å². The van der Waals surface area contributed by atoms with E-state index in [1.54, 1.807) is 37.7 Å². The molecule has 2 aromatic heterocycles. The summed E-state index contributed by atoms with van der Waals surface area (Å²) in [5, 5.41) is 2.78. The van der Waals surface area contributed by atoms with Crippen LogP contribution in [0.1, 0.15) is 15.9 Å². The third-order valence-electron chi connectivity index (χ3n) is 3.58. The highest BCUT2D eigenvalue weighted by atomic mass is 16.5. The van der Waals surface area contributed by atoms with E-state index in [9.17, 15) is 4.79 Å². The third kappa shape index (κ3) is 3.57. The normalized spacial score (nSPS) is 10.2. The van der Waals surface area contributed by atoms with E-state index < -0.39 is 0 Å². The van der Waals surface area contributed by atoms with Gasteiger partial charge in [0.1, 0.15) is 0 Å². The molecule has 120 valence electrons. The molecule has 0 aliphatic rings. The van der Waals surface area contributed by atoms with Crippen LogP contribution >= 0.6 is 0 Å². The minimum absolute atomic E-state index is 0.232. The molecule has 24 heavy (non-hydrogen) atoms. The summed E-state index contributed by atoms with van der Waals surface area (Å²) in [5.41, 5.74) is 4.14. The van der Waals surface area contributed by atoms with Gasteiger partial charge in [-0.1, -0.05) is 29.8 Å². The number of carbonyl (C=O) groups is 1. The summed E-state index contributed by atoms with van der Waals surface area (Å²) < 4.78 is 4.99. The van der Waals surface area contributed by atoms with Crippen molar-refractivity contribution in [3.63, 3.8) is 0 Å². The lowest BCUT2D eigenvalue weighted by molar-refractivity contribution is 0.102. The van der Waals surface area contributed by atoms with Gasteiger partial charge < -0.3 is 10.1 Å². The van der Waals surface area contributed by atoms with Crippen molar-refractivity contribution in [3.8, 4) is 17.1 Å². The Labute approximate surface area is 140 Å². The zero-order valence-corrected chi connectivity index (χ0v) is 13.5. The van der Waals surface area contributed by atoms with Gasteiger partial charge in [0.15, 0.2) is 0 Å². The Morgan fingerprint density at radius 1 is 0.958 bits per heavy atom. The maximum absolute atomic E-state index is 12.3. The van der Waals surface area contributed by atoms with Crippen LogP contribution < -0.4 is 10.1 Å². The van der Waals surface area contributed by atoms with Crippen molar-refractivity contribution in [2.45, 2.75) is 6.92 Å².